The number of carbonyl (C=O) groups excluding carboxylic acids is 1. The van der Waals surface area contributed by atoms with Crippen LogP contribution >= 0.6 is 11.8 Å². The Morgan fingerprint density at radius 1 is 1.31 bits per heavy atom. The highest BCUT2D eigenvalue weighted by molar-refractivity contribution is 8.16. The van der Waals surface area contributed by atoms with Gasteiger partial charge in [-0.15, -0.1) is 6.42 Å². The van der Waals surface area contributed by atoms with Crippen molar-refractivity contribution in [2.45, 2.75) is 17.2 Å². The number of terminal acetylenes is 1. The fraction of sp³-hybridized carbons (Fsp3) is 0.269. The van der Waals surface area contributed by atoms with Crippen molar-refractivity contribution in [3.05, 3.63) is 76.4 Å². The van der Waals surface area contributed by atoms with Crippen molar-refractivity contribution in [1.82, 2.24) is 9.88 Å². The number of nitrogens with zero attached hydrogens (tertiary/aromatic N) is 3. The minimum absolute atomic E-state index is 0.103. The SMILES string of the molecule is C#Cc1ccc(/C(F)=C/c2ccc(F)c([C@@]3(C)N=C(N)S[C@@]4(C(=O)N5CCOCC5)C=C43)c2)nc1. The summed E-state index contributed by atoms with van der Waals surface area (Å²) in [6.07, 6.45) is 9.79. The maximum atomic E-state index is 15.1. The second kappa shape index (κ2) is 8.63. The molecule has 3 aliphatic rings. The molecule has 178 valence electrons. The lowest BCUT2D eigenvalue weighted by Crippen LogP contribution is -2.50. The van der Waals surface area contributed by atoms with Crippen LogP contribution in [0, 0.1) is 18.2 Å². The van der Waals surface area contributed by atoms with E-state index in [9.17, 15) is 9.18 Å². The molecule has 9 heteroatoms. The van der Waals surface area contributed by atoms with Crippen LogP contribution in [-0.2, 0) is 15.1 Å². The lowest BCUT2D eigenvalue weighted by atomic mass is 9.85. The zero-order chi connectivity index (χ0) is 24.8. The molecule has 2 aromatic rings. The van der Waals surface area contributed by atoms with Crippen molar-refractivity contribution >= 4 is 34.7 Å². The Morgan fingerprint density at radius 2 is 2.09 bits per heavy atom. The largest absolute Gasteiger partial charge is 0.378 e. The molecule has 35 heavy (non-hydrogen) atoms. The highest BCUT2D eigenvalue weighted by atomic mass is 32.2. The van der Waals surface area contributed by atoms with Crippen LogP contribution in [0.25, 0.3) is 11.9 Å². The van der Waals surface area contributed by atoms with Gasteiger partial charge in [-0.05, 0) is 48.4 Å². The van der Waals surface area contributed by atoms with E-state index in [2.05, 4.69) is 15.9 Å². The fourth-order valence-corrected chi connectivity index (χ4v) is 5.76. The zero-order valence-corrected chi connectivity index (χ0v) is 19.7. The fourth-order valence-electron chi connectivity index (χ4n) is 4.50. The summed E-state index contributed by atoms with van der Waals surface area (Å²) in [5.41, 5.74) is 6.90. The molecule has 6 nitrogen and oxygen atoms in total. The number of aromatic nitrogens is 1. The summed E-state index contributed by atoms with van der Waals surface area (Å²) < 4.78 is 34.4. The van der Waals surface area contributed by atoms with Crippen molar-refractivity contribution in [3.8, 4) is 12.3 Å². The number of nitrogens with two attached hydrogens (primary N) is 1. The monoisotopic (exact) mass is 492 g/mol. The van der Waals surface area contributed by atoms with Crippen LogP contribution in [0.5, 0.6) is 0 Å². The van der Waals surface area contributed by atoms with Gasteiger partial charge in [-0.3, -0.25) is 9.78 Å². The number of benzene rings is 1. The molecule has 0 spiro atoms. The summed E-state index contributed by atoms with van der Waals surface area (Å²) in [5, 5.41) is 0.191. The first-order chi connectivity index (χ1) is 16.8. The summed E-state index contributed by atoms with van der Waals surface area (Å²) >= 11 is 1.17. The van der Waals surface area contributed by atoms with Gasteiger partial charge in [0, 0.05) is 30.4 Å². The molecular formula is C26H22F2N4O2S. The second-order valence-electron chi connectivity index (χ2n) is 8.63. The van der Waals surface area contributed by atoms with E-state index in [1.54, 1.807) is 24.0 Å². The summed E-state index contributed by atoms with van der Waals surface area (Å²) in [6, 6.07) is 7.33. The molecule has 1 aromatic heterocycles. The lowest BCUT2D eigenvalue weighted by Gasteiger charge is -2.37. The van der Waals surface area contributed by atoms with Gasteiger partial charge in [0.05, 0.1) is 18.9 Å². The Bertz CT molecular complexity index is 1340. The third-order valence-corrected chi connectivity index (χ3v) is 7.52. The van der Waals surface area contributed by atoms with Gasteiger partial charge >= 0.3 is 0 Å². The number of morpholine rings is 1. The third-order valence-electron chi connectivity index (χ3n) is 6.39. The smallest absolute Gasteiger partial charge is 0.247 e. The first-order valence-electron chi connectivity index (χ1n) is 11.0. The van der Waals surface area contributed by atoms with Crippen molar-refractivity contribution in [2.24, 2.45) is 10.7 Å². The Morgan fingerprint density at radius 3 is 2.77 bits per heavy atom. The molecule has 1 fully saturated rings. The average Bonchev–Trinajstić information content (AvgIpc) is 3.62. The Balaban J connectivity index is 1.48. The third kappa shape index (κ3) is 4.03. The first-order valence-corrected chi connectivity index (χ1v) is 11.8. The molecule has 1 aromatic carbocycles. The number of hydrogen-bond donors (Lipinski definition) is 1. The number of hydrogen-bond acceptors (Lipinski definition) is 6. The number of halogens is 2. The quantitative estimate of drug-likeness (QED) is 0.522. The van der Waals surface area contributed by atoms with Crippen molar-refractivity contribution in [3.63, 3.8) is 0 Å². The molecule has 0 saturated carbocycles. The molecule has 2 N–H and O–H groups in total. The van der Waals surface area contributed by atoms with E-state index in [1.807, 2.05) is 0 Å². The maximum Gasteiger partial charge on any atom is 0.247 e. The molecule has 3 heterocycles. The van der Waals surface area contributed by atoms with Crippen molar-refractivity contribution in [1.29, 1.82) is 0 Å². The highest BCUT2D eigenvalue weighted by Crippen LogP contribution is 2.61. The molecule has 1 saturated heterocycles. The minimum atomic E-state index is -1.20. The van der Waals surface area contributed by atoms with Crippen LogP contribution in [0.3, 0.4) is 0 Å². The molecule has 5 rings (SSSR count). The van der Waals surface area contributed by atoms with Gasteiger partial charge in [0.25, 0.3) is 0 Å². The zero-order valence-electron chi connectivity index (χ0n) is 18.9. The summed E-state index contributed by atoms with van der Waals surface area (Å²) in [7, 11) is 0. The van der Waals surface area contributed by atoms with E-state index < -0.39 is 21.9 Å². The number of ether oxygens (including phenoxy) is 1. The lowest BCUT2D eigenvalue weighted by molar-refractivity contribution is -0.135. The van der Waals surface area contributed by atoms with Gasteiger partial charge in [0.15, 0.2) is 5.17 Å². The summed E-state index contributed by atoms with van der Waals surface area (Å²) in [5.74, 6) is 1.21. The van der Waals surface area contributed by atoms with Gasteiger partial charge in [-0.1, -0.05) is 29.8 Å². The molecule has 0 unspecified atom stereocenters. The van der Waals surface area contributed by atoms with Crippen molar-refractivity contribution < 1.29 is 18.3 Å². The van der Waals surface area contributed by atoms with Gasteiger partial charge < -0.3 is 15.4 Å². The van der Waals surface area contributed by atoms with Gasteiger partial charge in [0.1, 0.15) is 21.9 Å². The van der Waals surface area contributed by atoms with Crippen LogP contribution < -0.4 is 5.73 Å². The predicted molar refractivity (Wildman–Crippen MR) is 132 cm³/mol. The maximum absolute atomic E-state index is 15.1. The van der Waals surface area contributed by atoms with E-state index >= 15 is 4.39 Å². The molecule has 1 aliphatic carbocycles. The second-order valence-corrected chi connectivity index (χ2v) is 9.90. The Kier molecular flexibility index (Phi) is 5.74. The van der Waals surface area contributed by atoms with Crippen LogP contribution in [0.1, 0.15) is 29.3 Å². The van der Waals surface area contributed by atoms with E-state index in [1.165, 1.54) is 48.3 Å². The normalized spacial score (nSPS) is 25.8. The number of thioether (sulfide) groups is 1. The standard InChI is InChI=1S/C26H22F2N4O2S/c1-3-16-5-7-21(30-15-16)20(28)13-17-4-6-19(27)18(12-17)25(2)22-14-26(22,35-24(29)31-25)23(33)32-8-10-34-11-9-32/h1,4-7,12-15H,8-11H2,2H3,(H2,29,31)/b20-13-/t25-,26+/m1/s1. The highest BCUT2D eigenvalue weighted by Gasteiger charge is 2.63. The van der Waals surface area contributed by atoms with Crippen LogP contribution in [0.15, 0.2) is 53.2 Å². The number of pyridine rings is 1. The molecular weight excluding hydrogens is 470 g/mol. The summed E-state index contributed by atoms with van der Waals surface area (Å²) in [4.78, 5) is 23.7. The van der Waals surface area contributed by atoms with Gasteiger partial charge in [-0.25, -0.2) is 13.8 Å². The van der Waals surface area contributed by atoms with Crippen LogP contribution in [0.4, 0.5) is 8.78 Å². The average molecular weight is 493 g/mol. The number of amides is 1. The van der Waals surface area contributed by atoms with E-state index in [0.29, 0.717) is 43.0 Å². The van der Waals surface area contributed by atoms with Crippen LogP contribution in [-0.4, -0.2) is 52.0 Å². The number of aliphatic imine (C=N–C) groups is 1. The number of rotatable bonds is 4. The van der Waals surface area contributed by atoms with Crippen LogP contribution in [0.2, 0.25) is 0 Å². The molecule has 0 bridgehead atoms. The Hall–Kier alpha value is -3.48. The molecule has 0 radical (unpaired) electrons. The molecule has 2 aliphatic heterocycles. The van der Waals surface area contributed by atoms with E-state index in [-0.39, 0.29) is 22.3 Å². The topological polar surface area (TPSA) is 80.8 Å². The van der Waals surface area contributed by atoms with Crippen molar-refractivity contribution in [2.75, 3.05) is 26.3 Å². The van der Waals surface area contributed by atoms with E-state index in [0.717, 1.165) is 0 Å². The van der Waals surface area contributed by atoms with Gasteiger partial charge in [0.2, 0.25) is 5.91 Å². The number of amidine groups is 1. The number of fused-ring (bicyclic) bond motifs is 1. The minimum Gasteiger partial charge on any atom is -0.378 e. The number of carbonyl (C=O) groups is 1. The Labute approximate surface area is 206 Å². The molecule has 2 atom stereocenters. The van der Waals surface area contributed by atoms with E-state index in [4.69, 9.17) is 16.9 Å². The predicted octanol–water partition coefficient (Wildman–Crippen LogP) is 3.48. The first kappa shape index (κ1) is 23.3. The van der Waals surface area contributed by atoms with Gasteiger partial charge in [-0.2, -0.15) is 0 Å². The molecule has 1 amide bonds. The summed E-state index contributed by atoms with van der Waals surface area (Å²) in [6.45, 7) is 3.64.